The maximum atomic E-state index is 10.2. The number of benzene rings is 1. The van der Waals surface area contributed by atoms with Crippen LogP contribution in [0.15, 0.2) is 35.3 Å². The maximum Gasteiger partial charge on any atom is 0.0556 e. The van der Waals surface area contributed by atoms with Crippen LogP contribution in [0.2, 0.25) is 0 Å². The summed E-state index contributed by atoms with van der Waals surface area (Å²) >= 11 is 0. The Labute approximate surface area is 170 Å². The van der Waals surface area contributed by atoms with E-state index >= 15 is 0 Å². The van der Waals surface area contributed by atoms with Crippen LogP contribution in [-0.2, 0) is 0 Å². The van der Waals surface area contributed by atoms with E-state index in [4.69, 9.17) is 4.99 Å². The molecule has 4 aliphatic rings. The van der Waals surface area contributed by atoms with Gasteiger partial charge in [0.15, 0.2) is 0 Å². The van der Waals surface area contributed by atoms with Crippen LogP contribution in [0.1, 0.15) is 77.2 Å². The molecular formula is C26H37NO. The summed E-state index contributed by atoms with van der Waals surface area (Å²) in [4.78, 5) is 5.14. The second kappa shape index (κ2) is 6.97. The number of hydrogen-bond donors (Lipinski definition) is 1. The van der Waals surface area contributed by atoms with Gasteiger partial charge in [-0.15, -0.1) is 0 Å². The van der Waals surface area contributed by atoms with Crippen LogP contribution in [0.25, 0.3) is 0 Å². The van der Waals surface area contributed by atoms with E-state index in [1.807, 2.05) is 0 Å². The zero-order valence-electron chi connectivity index (χ0n) is 17.7. The predicted molar refractivity (Wildman–Crippen MR) is 116 cm³/mol. The minimum atomic E-state index is -0.0355. The molecule has 28 heavy (non-hydrogen) atoms. The lowest BCUT2D eigenvalue weighted by Gasteiger charge is -2.60. The number of aliphatic imine (C=N–C) groups is 1. The van der Waals surface area contributed by atoms with Crippen molar-refractivity contribution in [2.24, 2.45) is 39.5 Å². The first-order valence-electron chi connectivity index (χ1n) is 11.8. The lowest BCUT2D eigenvalue weighted by atomic mass is 9.45. The minimum Gasteiger partial charge on any atom is -0.393 e. The second-order valence-corrected chi connectivity index (χ2v) is 10.9. The van der Waals surface area contributed by atoms with Gasteiger partial charge in [-0.05, 0) is 97.9 Å². The van der Waals surface area contributed by atoms with Gasteiger partial charge in [-0.1, -0.05) is 44.2 Å². The zero-order valence-corrected chi connectivity index (χ0v) is 17.7. The normalized spacial score (nSPS) is 48.1. The fourth-order valence-electron chi connectivity index (χ4n) is 8.17. The van der Waals surface area contributed by atoms with Crippen LogP contribution < -0.4 is 0 Å². The van der Waals surface area contributed by atoms with Crippen molar-refractivity contribution in [1.82, 2.24) is 0 Å². The van der Waals surface area contributed by atoms with E-state index < -0.39 is 0 Å². The average Bonchev–Trinajstić information content (AvgIpc) is 3.04. The Bertz CT molecular complexity index is 729. The van der Waals surface area contributed by atoms with Crippen LogP contribution >= 0.6 is 0 Å². The summed E-state index contributed by atoms with van der Waals surface area (Å²) in [6, 6.07) is 11.1. The van der Waals surface area contributed by atoms with E-state index in [1.165, 1.54) is 50.5 Å². The molecule has 0 aliphatic heterocycles. The monoisotopic (exact) mass is 379 g/mol. The number of fused-ring (bicyclic) bond motifs is 5. The van der Waals surface area contributed by atoms with E-state index in [2.05, 4.69) is 50.4 Å². The van der Waals surface area contributed by atoms with Gasteiger partial charge in [-0.3, -0.25) is 4.99 Å². The summed E-state index contributed by atoms with van der Waals surface area (Å²) in [7, 11) is 0. The Morgan fingerprint density at radius 1 is 0.893 bits per heavy atom. The fourth-order valence-corrected chi connectivity index (χ4v) is 8.17. The number of hydrogen-bond acceptors (Lipinski definition) is 2. The first kappa shape index (κ1) is 18.9. The highest BCUT2D eigenvalue weighted by atomic mass is 16.3. The molecule has 8 atom stereocenters. The van der Waals surface area contributed by atoms with Crippen LogP contribution in [0.4, 0.5) is 0 Å². The number of aliphatic hydroxyl groups excluding tert-OH is 1. The van der Waals surface area contributed by atoms with Gasteiger partial charge in [-0.25, -0.2) is 0 Å². The summed E-state index contributed by atoms with van der Waals surface area (Å²) in [5.41, 5.74) is 2.11. The highest BCUT2D eigenvalue weighted by Crippen LogP contribution is 2.66. The second-order valence-electron chi connectivity index (χ2n) is 10.9. The molecule has 2 nitrogen and oxygen atoms in total. The standard InChI is InChI=1S/C26H37NO/c1-25-14-12-20(28)16-19(25)8-9-21-22-10-11-24(26(22,2)15-13-23(21)25)27-17-18-6-4-3-5-7-18/h3-7,17,19-24,28H,8-16H2,1-2H3/t19-,20-,21+,22+,23+,24+,25+,26+/m1/s1. The molecule has 1 aromatic rings. The van der Waals surface area contributed by atoms with Gasteiger partial charge in [0.1, 0.15) is 0 Å². The molecule has 0 saturated heterocycles. The molecule has 0 unspecified atom stereocenters. The molecule has 1 N–H and O–H groups in total. The first-order valence-corrected chi connectivity index (χ1v) is 11.8. The third-order valence-corrected chi connectivity index (χ3v) is 9.79. The lowest BCUT2D eigenvalue weighted by Crippen LogP contribution is -2.54. The quantitative estimate of drug-likeness (QED) is 0.640. The Morgan fingerprint density at radius 2 is 1.64 bits per heavy atom. The van der Waals surface area contributed by atoms with E-state index in [9.17, 15) is 5.11 Å². The molecule has 0 aromatic heterocycles. The highest BCUT2D eigenvalue weighted by molar-refractivity contribution is 5.79. The van der Waals surface area contributed by atoms with Crippen LogP contribution in [0.5, 0.6) is 0 Å². The molecule has 5 rings (SSSR count). The summed E-state index contributed by atoms with van der Waals surface area (Å²) in [5.74, 6) is 3.39. The maximum absolute atomic E-state index is 10.2. The smallest absolute Gasteiger partial charge is 0.0556 e. The van der Waals surface area contributed by atoms with Crippen molar-refractivity contribution in [3.8, 4) is 0 Å². The fraction of sp³-hybridized carbons (Fsp3) is 0.731. The molecule has 4 saturated carbocycles. The van der Waals surface area contributed by atoms with Crippen molar-refractivity contribution >= 4 is 6.21 Å². The van der Waals surface area contributed by atoms with Crippen LogP contribution in [0.3, 0.4) is 0 Å². The Hall–Kier alpha value is -1.15. The van der Waals surface area contributed by atoms with Crippen molar-refractivity contribution in [2.75, 3.05) is 0 Å². The van der Waals surface area contributed by atoms with Gasteiger partial charge < -0.3 is 5.11 Å². The third kappa shape index (κ3) is 2.90. The van der Waals surface area contributed by atoms with Crippen molar-refractivity contribution in [3.05, 3.63) is 35.9 Å². The van der Waals surface area contributed by atoms with E-state index in [1.54, 1.807) is 0 Å². The number of nitrogens with zero attached hydrogens (tertiary/aromatic N) is 1. The first-order chi connectivity index (χ1) is 13.5. The summed E-state index contributed by atoms with van der Waals surface area (Å²) in [5, 5.41) is 10.2. The molecule has 0 bridgehead atoms. The summed E-state index contributed by atoms with van der Waals surface area (Å²) in [6.07, 6.45) is 13.6. The van der Waals surface area contributed by atoms with Crippen molar-refractivity contribution in [2.45, 2.75) is 83.8 Å². The minimum absolute atomic E-state index is 0.0355. The topological polar surface area (TPSA) is 32.6 Å². The van der Waals surface area contributed by atoms with Crippen molar-refractivity contribution in [1.29, 1.82) is 0 Å². The SMILES string of the molecule is C[C@]12CC[C@@H](O)C[C@H]1CC[C@@H]1[C@@H]2CC[C@]2(C)[C@@H](N=Cc3ccccc3)CC[C@@H]12. The molecule has 1 aromatic carbocycles. The lowest BCUT2D eigenvalue weighted by molar-refractivity contribution is -0.122. The average molecular weight is 380 g/mol. The van der Waals surface area contributed by atoms with Gasteiger partial charge in [0.25, 0.3) is 0 Å². The van der Waals surface area contributed by atoms with Gasteiger partial charge in [0.05, 0.1) is 12.1 Å². The Balaban J connectivity index is 1.36. The largest absolute Gasteiger partial charge is 0.393 e. The van der Waals surface area contributed by atoms with Crippen molar-refractivity contribution < 1.29 is 5.11 Å². The van der Waals surface area contributed by atoms with Gasteiger partial charge in [0, 0.05) is 6.21 Å². The number of aliphatic hydroxyl groups is 1. The van der Waals surface area contributed by atoms with E-state index in [-0.39, 0.29) is 6.10 Å². The van der Waals surface area contributed by atoms with Gasteiger partial charge in [0.2, 0.25) is 0 Å². The molecule has 4 aliphatic carbocycles. The molecule has 4 fully saturated rings. The molecule has 0 amide bonds. The summed E-state index contributed by atoms with van der Waals surface area (Å²) < 4.78 is 0. The third-order valence-electron chi connectivity index (χ3n) is 9.79. The molecule has 2 heteroatoms. The molecule has 0 radical (unpaired) electrons. The molecule has 152 valence electrons. The van der Waals surface area contributed by atoms with Crippen LogP contribution in [-0.4, -0.2) is 23.5 Å². The number of rotatable bonds is 2. The Morgan fingerprint density at radius 3 is 2.46 bits per heavy atom. The van der Waals surface area contributed by atoms with Crippen molar-refractivity contribution in [3.63, 3.8) is 0 Å². The Kier molecular flexibility index (Phi) is 4.69. The summed E-state index contributed by atoms with van der Waals surface area (Å²) in [6.45, 7) is 5.15. The van der Waals surface area contributed by atoms with E-state index in [0.29, 0.717) is 16.9 Å². The predicted octanol–water partition coefficient (Wildman–Crippen LogP) is 5.88. The molecule has 0 spiro atoms. The van der Waals surface area contributed by atoms with Crippen LogP contribution in [0, 0.1) is 34.5 Å². The van der Waals surface area contributed by atoms with E-state index in [0.717, 1.165) is 36.5 Å². The van der Waals surface area contributed by atoms with Gasteiger partial charge in [-0.2, -0.15) is 0 Å². The molecular weight excluding hydrogens is 342 g/mol. The highest BCUT2D eigenvalue weighted by Gasteiger charge is 2.60. The zero-order chi connectivity index (χ0) is 19.4. The van der Waals surface area contributed by atoms with Gasteiger partial charge >= 0.3 is 0 Å². The molecule has 0 heterocycles.